The van der Waals surface area contributed by atoms with Gasteiger partial charge in [0, 0.05) is 37.5 Å². The van der Waals surface area contributed by atoms with E-state index in [1.54, 1.807) is 7.11 Å². The van der Waals surface area contributed by atoms with E-state index in [9.17, 15) is 0 Å². The van der Waals surface area contributed by atoms with Gasteiger partial charge in [0.2, 0.25) is 0 Å². The normalized spacial score (nSPS) is 11.5. The average molecular weight is 527 g/mol. The standard InChI is InChI=1S/C34H42N2O3/c1-8-35(9-2)38-26-18-16-24(5)31(22-26)34(30-20-21-33(37-7)29-15-13-12-14-28(29)30)32-23-27(19-17-25(32)6)39-36(10-3)11-4/h12-23,34H,8-11H2,1-7H3. The van der Waals surface area contributed by atoms with E-state index in [1.165, 1.54) is 33.2 Å². The van der Waals surface area contributed by atoms with Crippen LogP contribution in [0.25, 0.3) is 10.8 Å². The zero-order valence-corrected chi connectivity index (χ0v) is 24.5. The molecular weight excluding hydrogens is 484 g/mol. The third-order valence-corrected chi connectivity index (χ3v) is 7.45. The summed E-state index contributed by atoms with van der Waals surface area (Å²) < 4.78 is 5.75. The number of rotatable bonds is 12. The summed E-state index contributed by atoms with van der Waals surface area (Å²) in [5.74, 6) is 2.52. The summed E-state index contributed by atoms with van der Waals surface area (Å²) in [5.41, 5.74) is 6.05. The summed E-state index contributed by atoms with van der Waals surface area (Å²) in [6.45, 7) is 16.1. The molecule has 0 heterocycles. The maximum Gasteiger partial charge on any atom is 0.147 e. The largest absolute Gasteiger partial charge is 0.496 e. The number of hydrogen-bond donors (Lipinski definition) is 0. The van der Waals surface area contributed by atoms with Crippen molar-refractivity contribution in [3.63, 3.8) is 0 Å². The highest BCUT2D eigenvalue weighted by atomic mass is 16.7. The Morgan fingerprint density at radius 1 is 0.590 bits per heavy atom. The molecule has 0 aliphatic heterocycles. The van der Waals surface area contributed by atoms with Crippen molar-refractivity contribution in [2.45, 2.75) is 47.5 Å². The number of aryl methyl sites for hydroxylation is 2. The van der Waals surface area contributed by atoms with Crippen LogP contribution in [0.15, 0.2) is 72.8 Å². The van der Waals surface area contributed by atoms with Gasteiger partial charge in [-0.25, -0.2) is 0 Å². The molecule has 0 atom stereocenters. The predicted octanol–water partition coefficient (Wildman–Crippen LogP) is 7.92. The smallest absolute Gasteiger partial charge is 0.147 e. The second-order valence-corrected chi connectivity index (χ2v) is 9.78. The van der Waals surface area contributed by atoms with Gasteiger partial charge >= 0.3 is 0 Å². The van der Waals surface area contributed by atoms with Crippen LogP contribution in [0.1, 0.15) is 61.4 Å². The molecule has 0 amide bonds. The molecule has 0 spiro atoms. The molecule has 206 valence electrons. The molecule has 4 aromatic carbocycles. The highest BCUT2D eigenvalue weighted by molar-refractivity contribution is 5.92. The van der Waals surface area contributed by atoms with Gasteiger partial charge in [-0.2, -0.15) is 0 Å². The van der Waals surface area contributed by atoms with Crippen LogP contribution < -0.4 is 14.4 Å². The third-order valence-electron chi connectivity index (χ3n) is 7.45. The summed E-state index contributed by atoms with van der Waals surface area (Å²) in [5, 5.41) is 6.21. The number of benzene rings is 4. The van der Waals surface area contributed by atoms with Crippen molar-refractivity contribution in [2.75, 3.05) is 33.3 Å². The lowest BCUT2D eigenvalue weighted by Gasteiger charge is -2.27. The van der Waals surface area contributed by atoms with E-state index in [0.717, 1.165) is 48.8 Å². The minimum atomic E-state index is -0.0405. The van der Waals surface area contributed by atoms with E-state index in [1.807, 2.05) is 10.1 Å². The summed E-state index contributed by atoms with van der Waals surface area (Å²) in [6, 6.07) is 25.6. The quantitative estimate of drug-likeness (QED) is 0.138. The number of ether oxygens (including phenoxy) is 1. The number of fused-ring (bicyclic) bond motifs is 1. The second-order valence-electron chi connectivity index (χ2n) is 9.78. The molecule has 0 unspecified atom stereocenters. The number of hydrogen-bond acceptors (Lipinski definition) is 5. The first-order chi connectivity index (χ1) is 18.9. The molecule has 0 aromatic heterocycles. The molecule has 5 heteroatoms. The van der Waals surface area contributed by atoms with Crippen molar-refractivity contribution in [3.8, 4) is 17.2 Å². The summed E-state index contributed by atoms with van der Waals surface area (Å²) in [7, 11) is 1.73. The maximum atomic E-state index is 6.27. The van der Waals surface area contributed by atoms with Gasteiger partial charge in [-0.15, -0.1) is 10.1 Å². The van der Waals surface area contributed by atoms with E-state index < -0.39 is 0 Å². The van der Waals surface area contributed by atoms with Crippen molar-refractivity contribution < 1.29 is 14.4 Å². The van der Waals surface area contributed by atoms with Gasteiger partial charge in [-0.1, -0.05) is 42.5 Å². The minimum absolute atomic E-state index is 0.0405. The second kappa shape index (κ2) is 13.0. The Morgan fingerprint density at radius 3 is 1.54 bits per heavy atom. The fourth-order valence-corrected chi connectivity index (χ4v) is 5.20. The van der Waals surface area contributed by atoms with Gasteiger partial charge < -0.3 is 14.4 Å². The minimum Gasteiger partial charge on any atom is -0.496 e. The van der Waals surface area contributed by atoms with Crippen molar-refractivity contribution in [3.05, 3.63) is 101 Å². The molecule has 0 fully saturated rings. The van der Waals surface area contributed by atoms with Crippen molar-refractivity contribution in [1.82, 2.24) is 10.1 Å². The SMILES string of the molecule is CCN(CC)Oc1ccc(C)c(C(c2cc(ON(CC)CC)ccc2C)c2ccc(OC)c3ccccc23)c1. The van der Waals surface area contributed by atoms with E-state index in [0.29, 0.717) is 0 Å². The first-order valence-corrected chi connectivity index (χ1v) is 14.1. The molecule has 0 saturated heterocycles. The Hall–Kier alpha value is -3.54. The highest BCUT2D eigenvalue weighted by Gasteiger charge is 2.25. The molecule has 4 aromatic rings. The molecule has 0 N–H and O–H groups in total. The Labute approximate surface area is 233 Å². The van der Waals surface area contributed by atoms with Gasteiger partial charge in [0.15, 0.2) is 0 Å². The van der Waals surface area contributed by atoms with Gasteiger partial charge in [-0.3, -0.25) is 0 Å². The molecule has 0 radical (unpaired) electrons. The van der Waals surface area contributed by atoms with E-state index in [2.05, 4.69) is 114 Å². The Balaban J connectivity index is 1.97. The van der Waals surface area contributed by atoms with Crippen LogP contribution in [0, 0.1) is 13.8 Å². The summed E-state index contributed by atoms with van der Waals surface area (Å²) in [4.78, 5) is 12.5. The van der Waals surface area contributed by atoms with Crippen LogP contribution in [0.3, 0.4) is 0 Å². The zero-order chi connectivity index (χ0) is 27.9. The topological polar surface area (TPSA) is 34.2 Å². The van der Waals surface area contributed by atoms with Crippen LogP contribution in [0.4, 0.5) is 0 Å². The monoisotopic (exact) mass is 526 g/mol. The van der Waals surface area contributed by atoms with E-state index in [-0.39, 0.29) is 5.92 Å². The average Bonchev–Trinajstić information content (AvgIpc) is 2.97. The molecule has 4 rings (SSSR count). The molecule has 5 nitrogen and oxygen atoms in total. The first-order valence-electron chi connectivity index (χ1n) is 14.1. The van der Waals surface area contributed by atoms with Crippen LogP contribution in [-0.4, -0.2) is 43.4 Å². The van der Waals surface area contributed by atoms with E-state index >= 15 is 0 Å². The lowest BCUT2D eigenvalue weighted by Crippen LogP contribution is -2.27. The predicted molar refractivity (Wildman–Crippen MR) is 161 cm³/mol. The number of methoxy groups -OCH3 is 1. The Kier molecular flexibility index (Phi) is 9.50. The summed E-state index contributed by atoms with van der Waals surface area (Å²) >= 11 is 0. The molecule has 0 saturated carbocycles. The van der Waals surface area contributed by atoms with Gasteiger partial charge in [0.25, 0.3) is 0 Å². The summed E-state index contributed by atoms with van der Waals surface area (Å²) in [6.07, 6.45) is 0. The van der Waals surface area contributed by atoms with Gasteiger partial charge in [-0.05, 0) is 105 Å². The van der Waals surface area contributed by atoms with Crippen LogP contribution in [0.5, 0.6) is 17.2 Å². The number of nitrogens with zero attached hydrogens (tertiary/aromatic N) is 2. The highest BCUT2D eigenvalue weighted by Crippen LogP contribution is 2.43. The van der Waals surface area contributed by atoms with Crippen LogP contribution in [-0.2, 0) is 0 Å². The Morgan fingerprint density at radius 2 is 1.08 bits per heavy atom. The zero-order valence-electron chi connectivity index (χ0n) is 24.5. The van der Waals surface area contributed by atoms with Gasteiger partial charge in [0.1, 0.15) is 17.2 Å². The van der Waals surface area contributed by atoms with Crippen LogP contribution >= 0.6 is 0 Å². The van der Waals surface area contributed by atoms with E-state index in [4.69, 9.17) is 14.4 Å². The molecule has 0 bridgehead atoms. The van der Waals surface area contributed by atoms with Crippen molar-refractivity contribution in [2.24, 2.45) is 0 Å². The van der Waals surface area contributed by atoms with Crippen molar-refractivity contribution in [1.29, 1.82) is 0 Å². The molecule has 39 heavy (non-hydrogen) atoms. The lowest BCUT2D eigenvalue weighted by atomic mass is 9.79. The van der Waals surface area contributed by atoms with Crippen LogP contribution in [0.2, 0.25) is 0 Å². The maximum absolute atomic E-state index is 6.27. The third kappa shape index (κ3) is 6.21. The fourth-order valence-electron chi connectivity index (χ4n) is 5.20. The van der Waals surface area contributed by atoms with Crippen molar-refractivity contribution >= 4 is 10.8 Å². The van der Waals surface area contributed by atoms with Gasteiger partial charge in [0.05, 0.1) is 7.11 Å². The Bertz CT molecular complexity index is 1330. The molecule has 0 aliphatic carbocycles. The first kappa shape index (κ1) is 28.5. The fraction of sp³-hybridized carbons (Fsp3) is 0.353. The molecular formula is C34H42N2O3. The lowest BCUT2D eigenvalue weighted by molar-refractivity contribution is -0.0487. The number of hydroxylamine groups is 4. The molecule has 0 aliphatic rings.